The molecule has 0 aliphatic heterocycles. The standard InChI is InChI=1S/C42H28/c1-3-11-29(12-4-1)31-19-22-33(23-20-31)42-38-18-10-9-17-37(38)41(32-14-5-2-6-15-32)39-26-25-36(28-40(39)42)35-24-21-30-13-7-8-16-34(30)27-35/h1-28H. The number of rotatable bonds is 4. The zero-order valence-electron chi connectivity index (χ0n) is 23.2. The minimum atomic E-state index is 1.23. The molecule has 0 fully saturated rings. The summed E-state index contributed by atoms with van der Waals surface area (Å²) in [4.78, 5) is 0. The minimum absolute atomic E-state index is 1.23. The average molecular weight is 533 g/mol. The Morgan fingerprint density at radius 1 is 0.214 bits per heavy atom. The van der Waals surface area contributed by atoms with Crippen molar-refractivity contribution >= 4 is 32.3 Å². The molecule has 0 aliphatic carbocycles. The molecule has 196 valence electrons. The van der Waals surface area contributed by atoms with Crippen LogP contribution in [0.25, 0.3) is 76.8 Å². The molecule has 0 heteroatoms. The Morgan fingerprint density at radius 2 is 0.643 bits per heavy atom. The van der Waals surface area contributed by atoms with Gasteiger partial charge in [0.25, 0.3) is 0 Å². The first-order chi connectivity index (χ1) is 20.8. The normalized spacial score (nSPS) is 11.3. The van der Waals surface area contributed by atoms with E-state index >= 15 is 0 Å². The lowest BCUT2D eigenvalue weighted by molar-refractivity contribution is 1.61. The molecule has 0 aromatic heterocycles. The number of fused-ring (bicyclic) bond motifs is 3. The molecule has 0 bridgehead atoms. The third kappa shape index (κ3) is 4.17. The van der Waals surface area contributed by atoms with E-state index in [1.807, 2.05) is 0 Å². The zero-order valence-corrected chi connectivity index (χ0v) is 23.2. The number of benzene rings is 8. The van der Waals surface area contributed by atoms with Crippen molar-refractivity contribution in [3.8, 4) is 44.5 Å². The molecular weight excluding hydrogens is 504 g/mol. The molecule has 0 N–H and O–H groups in total. The lowest BCUT2D eigenvalue weighted by Gasteiger charge is -2.19. The van der Waals surface area contributed by atoms with Crippen LogP contribution in [-0.2, 0) is 0 Å². The smallest absolute Gasteiger partial charge is 0.00261 e. The zero-order chi connectivity index (χ0) is 27.9. The van der Waals surface area contributed by atoms with Crippen LogP contribution >= 0.6 is 0 Å². The minimum Gasteiger partial charge on any atom is -0.0622 e. The van der Waals surface area contributed by atoms with Gasteiger partial charge >= 0.3 is 0 Å². The summed E-state index contributed by atoms with van der Waals surface area (Å²) >= 11 is 0. The molecule has 8 rings (SSSR count). The first-order valence-electron chi connectivity index (χ1n) is 14.5. The van der Waals surface area contributed by atoms with Gasteiger partial charge in [-0.1, -0.05) is 158 Å². The van der Waals surface area contributed by atoms with Gasteiger partial charge in [0, 0.05) is 0 Å². The Balaban J connectivity index is 1.42. The molecule has 0 saturated heterocycles. The Bertz CT molecular complexity index is 2210. The van der Waals surface area contributed by atoms with Crippen molar-refractivity contribution in [1.82, 2.24) is 0 Å². The summed E-state index contributed by atoms with van der Waals surface area (Å²) in [5, 5.41) is 7.61. The van der Waals surface area contributed by atoms with E-state index in [2.05, 4.69) is 170 Å². The average Bonchev–Trinajstić information content (AvgIpc) is 3.07. The molecule has 0 amide bonds. The van der Waals surface area contributed by atoms with Crippen LogP contribution in [-0.4, -0.2) is 0 Å². The fourth-order valence-corrected chi connectivity index (χ4v) is 6.41. The third-order valence-corrected chi connectivity index (χ3v) is 8.45. The molecule has 8 aromatic carbocycles. The molecule has 8 aromatic rings. The lowest BCUT2D eigenvalue weighted by atomic mass is 9.84. The van der Waals surface area contributed by atoms with Crippen molar-refractivity contribution in [2.24, 2.45) is 0 Å². The second-order valence-electron chi connectivity index (χ2n) is 10.9. The monoisotopic (exact) mass is 532 g/mol. The first kappa shape index (κ1) is 24.3. The molecule has 0 heterocycles. The van der Waals surface area contributed by atoms with Gasteiger partial charge in [0.15, 0.2) is 0 Å². The Kier molecular flexibility index (Phi) is 5.90. The van der Waals surface area contributed by atoms with E-state index in [1.54, 1.807) is 0 Å². The molecule has 0 unspecified atom stereocenters. The molecule has 0 radical (unpaired) electrons. The van der Waals surface area contributed by atoms with E-state index < -0.39 is 0 Å². The van der Waals surface area contributed by atoms with E-state index in [0.29, 0.717) is 0 Å². The van der Waals surface area contributed by atoms with Gasteiger partial charge in [0.1, 0.15) is 0 Å². The fourth-order valence-electron chi connectivity index (χ4n) is 6.41. The van der Waals surface area contributed by atoms with E-state index in [-0.39, 0.29) is 0 Å². The Hall–Kier alpha value is -5.46. The molecular formula is C42H28. The maximum absolute atomic E-state index is 2.40. The van der Waals surface area contributed by atoms with Crippen molar-refractivity contribution in [2.45, 2.75) is 0 Å². The van der Waals surface area contributed by atoms with Crippen LogP contribution in [0.15, 0.2) is 170 Å². The van der Waals surface area contributed by atoms with E-state index in [9.17, 15) is 0 Å². The number of hydrogen-bond donors (Lipinski definition) is 0. The van der Waals surface area contributed by atoms with E-state index in [1.165, 1.54) is 76.8 Å². The fraction of sp³-hybridized carbons (Fsp3) is 0. The van der Waals surface area contributed by atoms with Gasteiger partial charge in [-0.05, 0) is 89.0 Å². The summed E-state index contributed by atoms with van der Waals surface area (Å²) in [5.41, 5.74) is 9.95. The predicted molar refractivity (Wildman–Crippen MR) is 181 cm³/mol. The van der Waals surface area contributed by atoms with Gasteiger partial charge in [-0.2, -0.15) is 0 Å². The number of hydrogen-bond acceptors (Lipinski definition) is 0. The van der Waals surface area contributed by atoms with Crippen molar-refractivity contribution in [3.63, 3.8) is 0 Å². The Morgan fingerprint density at radius 3 is 1.36 bits per heavy atom. The second kappa shape index (κ2) is 10.2. The summed E-state index contributed by atoms with van der Waals surface area (Å²) < 4.78 is 0. The first-order valence-corrected chi connectivity index (χ1v) is 14.5. The summed E-state index contributed by atoms with van der Waals surface area (Å²) in [6.07, 6.45) is 0. The third-order valence-electron chi connectivity index (χ3n) is 8.45. The Labute approximate surface area is 246 Å². The highest BCUT2D eigenvalue weighted by Gasteiger charge is 2.17. The highest BCUT2D eigenvalue weighted by molar-refractivity contribution is 6.22. The van der Waals surface area contributed by atoms with Crippen LogP contribution < -0.4 is 0 Å². The lowest BCUT2D eigenvalue weighted by Crippen LogP contribution is -1.92. The van der Waals surface area contributed by atoms with Crippen molar-refractivity contribution in [3.05, 3.63) is 170 Å². The van der Waals surface area contributed by atoms with Gasteiger partial charge in [0.05, 0.1) is 0 Å². The van der Waals surface area contributed by atoms with Gasteiger partial charge in [-0.15, -0.1) is 0 Å². The summed E-state index contributed by atoms with van der Waals surface area (Å²) in [6, 6.07) is 61.8. The van der Waals surface area contributed by atoms with Gasteiger partial charge in [0.2, 0.25) is 0 Å². The van der Waals surface area contributed by atoms with Crippen molar-refractivity contribution < 1.29 is 0 Å². The van der Waals surface area contributed by atoms with Crippen molar-refractivity contribution in [2.75, 3.05) is 0 Å². The van der Waals surface area contributed by atoms with Gasteiger partial charge in [-0.25, -0.2) is 0 Å². The maximum atomic E-state index is 2.40. The van der Waals surface area contributed by atoms with Crippen LogP contribution in [0.4, 0.5) is 0 Å². The van der Waals surface area contributed by atoms with Gasteiger partial charge < -0.3 is 0 Å². The van der Waals surface area contributed by atoms with Crippen LogP contribution in [0, 0.1) is 0 Å². The predicted octanol–water partition coefficient (Wildman–Crippen LogP) is 11.8. The summed E-state index contributed by atoms with van der Waals surface area (Å²) in [7, 11) is 0. The van der Waals surface area contributed by atoms with E-state index in [4.69, 9.17) is 0 Å². The van der Waals surface area contributed by atoms with Crippen LogP contribution in [0.2, 0.25) is 0 Å². The molecule has 0 nitrogen and oxygen atoms in total. The second-order valence-corrected chi connectivity index (χ2v) is 10.9. The molecule has 42 heavy (non-hydrogen) atoms. The van der Waals surface area contributed by atoms with E-state index in [0.717, 1.165) is 0 Å². The van der Waals surface area contributed by atoms with Crippen molar-refractivity contribution in [1.29, 1.82) is 0 Å². The van der Waals surface area contributed by atoms with Crippen LogP contribution in [0.1, 0.15) is 0 Å². The SMILES string of the molecule is c1ccc(-c2ccc(-c3c4ccccc4c(-c4ccccc4)c4ccc(-c5ccc6ccccc6c5)cc34)cc2)cc1. The summed E-state index contributed by atoms with van der Waals surface area (Å²) in [6.45, 7) is 0. The molecule has 0 spiro atoms. The van der Waals surface area contributed by atoms with Crippen LogP contribution in [0.5, 0.6) is 0 Å². The maximum Gasteiger partial charge on any atom is -0.00261 e. The quantitative estimate of drug-likeness (QED) is 0.198. The molecule has 0 saturated carbocycles. The summed E-state index contributed by atoms with van der Waals surface area (Å²) in [5.74, 6) is 0. The van der Waals surface area contributed by atoms with Gasteiger partial charge in [-0.3, -0.25) is 0 Å². The molecule has 0 aliphatic rings. The highest BCUT2D eigenvalue weighted by atomic mass is 14.2. The topological polar surface area (TPSA) is 0 Å². The highest BCUT2D eigenvalue weighted by Crippen LogP contribution is 2.45. The van der Waals surface area contributed by atoms with Crippen LogP contribution in [0.3, 0.4) is 0 Å². The molecule has 0 atom stereocenters. The largest absolute Gasteiger partial charge is 0.0622 e.